The van der Waals surface area contributed by atoms with Gasteiger partial charge in [0.2, 0.25) is 5.91 Å². The van der Waals surface area contributed by atoms with Crippen LogP contribution < -0.4 is 10.1 Å². The van der Waals surface area contributed by atoms with Gasteiger partial charge in [-0.15, -0.1) is 0 Å². The monoisotopic (exact) mass is 478 g/mol. The molecule has 0 heterocycles. The first-order chi connectivity index (χ1) is 16.4. The number of amides is 2. The van der Waals surface area contributed by atoms with Crippen molar-refractivity contribution in [2.24, 2.45) is 0 Å². The number of benzene rings is 3. The first kappa shape index (κ1) is 25.3. The largest absolute Gasteiger partial charge is 0.484 e. The molecule has 3 aromatic carbocycles. The third kappa shape index (κ3) is 7.09. The van der Waals surface area contributed by atoms with E-state index in [0.717, 1.165) is 11.1 Å². The topological polar surface area (TPSA) is 58.6 Å². The van der Waals surface area contributed by atoms with Gasteiger partial charge in [-0.3, -0.25) is 9.59 Å². The van der Waals surface area contributed by atoms with Crippen LogP contribution in [-0.4, -0.2) is 36.4 Å². The second kappa shape index (κ2) is 12.2. The Morgan fingerprint density at radius 1 is 0.941 bits per heavy atom. The summed E-state index contributed by atoms with van der Waals surface area (Å²) in [6, 6.07) is 24.0. The van der Waals surface area contributed by atoms with E-state index in [0.29, 0.717) is 23.1 Å². The molecule has 3 rings (SSSR count). The van der Waals surface area contributed by atoms with Crippen molar-refractivity contribution in [3.05, 3.63) is 101 Å². The second-order valence-corrected chi connectivity index (χ2v) is 8.92. The summed E-state index contributed by atoms with van der Waals surface area (Å²) in [5, 5.41) is 3.28. The smallest absolute Gasteiger partial charge is 0.261 e. The Morgan fingerprint density at radius 3 is 2.24 bits per heavy atom. The number of likely N-dealkylation sites (N-methyl/N-ethyl adjacent to an activating group) is 1. The Balaban J connectivity index is 1.84. The summed E-state index contributed by atoms with van der Waals surface area (Å²) < 4.78 is 5.81. The average molecular weight is 479 g/mol. The lowest BCUT2D eigenvalue weighted by atomic mass is 10.0. The molecule has 0 aromatic heterocycles. The van der Waals surface area contributed by atoms with E-state index in [-0.39, 0.29) is 25.0 Å². The molecule has 1 atom stereocenters. The van der Waals surface area contributed by atoms with Crippen molar-refractivity contribution < 1.29 is 14.3 Å². The zero-order valence-electron chi connectivity index (χ0n) is 19.8. The first-order valence-electron chi connectivity index (χ1n) is 11.4. The van der Waals surface area contributed by atoms with Crippen molar-refractivity contribution >= 4 is 23.4 Å². The van der Waals surface area contributed by atoms with E-state index >= 15 is 0 Å². The van der Waals surface area contributed by atoms with Crippen molar-refractivity contribution in [2.75, 3.05) is 13.7 Å². The van der Waals surface area contributed by atoms with E-state index < -0.39 is 6.04 Å². The average Bonchev–Trinajstić information content (AvgIpc) is 2.85. The number of carbonyl (C=O) groups is 2. The fourth-order valence-corrected chi connectivity index (χ4v) is 3.94. The quantitative estimate of drug-likeness (QED) is 0.434. The maximum atomic E-state index is 13.4. The Morgan fingerprint density at radius 2 is 1.62 bits per heavy atom. The van der Waals surface area contributed by atoms with Gasteiger partial charge in [-0.1, -0.05) is 80.0 Å². The Bertz CT molecular complexity index is 1080. The highest BCUT2D eigenvalue weighted by atomic mass is 35.5. The molecule has 0 spiro atoms. The summed E-state index contributed by atoms with van der Waals surface area (Å²) in [5.41, 5.74) is 3.00. The summed E-state index contributed by atoms with van der Waals surface area (Å²) >= 11 is 6.18. The SMILES string of the molecule is CNC(=O)[C@@H](Cc1ccccc1)N(Cc1cccc(Cl)c1)C(=O)COc1ccc(C(C)C)cc1. The lowest BCUT2D eigenvalue weighted by molar-refractivity contribution is -0.142. The molecule has 3 aromatic rings. The maximum Gasteiger partial charge on any atom is 0.261 e. The van der Waals surface area contributed by atoms with Gasteiger partial charge in [-0.2, -0.15) is 0 Å². The molecular weight excluding hydrogens is 448 g/mol. The molecule has 34 heavy (non-hydrogen) atoms. The molecule has 5 nitrogen and oxygen atoms in total. The van der Waals surface area contributed by atoms with Gasteiger partial charge in [0.05, 0.1) is 0 Å². The van der Waals surface area contributed by atoms with E-state index in [1.807, 2.05) is 66.7 Å². The van der Waals surface area contributed by atoms with Crippen molar-refractivity contribution in [2.45, 2.75) is 38.8 Å². The lowest BCUT2D eigenvalue weighted by Gasteiger charge is -2.31. The highest BCUT2D eigenvalue weighted by molar-refractivity contribution is 6.30. The third-order valence-electron chi connectivity index (χ3n) is 5.67. The van der Waals surface area contributed by atoms with E-state index in [1.54, 1.807) is 24.1 Å². The highest BCUT2D eigenvalue weighted by Crippen LogP contribution is 2.20. The van der Waals surface area contributed by atoms with Gasteiger partial charge in [0.25, 0.3) is 5.91 Å². The van der Waals surface area contributed by atoms with Crippen LogP contribution in [0.4, 0.5) is 0 Å². The molecule has 0 fully saturated rings. The molecule has 0 unspecified atom stereocenters. The Kier molecular flexibility index (Phi) is 9.11. The third-order valence-corrected chi connectivity index (χ3v) is 5.90. The van der Waals surface area contributed by atoms with Crippen LogP contribution in [0.5, 0.6) is 5.75 Å². The first-order valence-corrected chi connectivity index (χ1v) is 11.8. The van der Waals surface area contributed by atoms with Gasteiger partial charge in [0.15, 0.2) is 6.61 Å². The summed E-state index contributed by atoms with van der Waals surface area (Å²) in [7, 11) is 1.58. The second-order valence-electron chi connectivity index (χ2n) is 8.48. The number of halogens is 1. The molecule has 0 bridgehead atoms. The van der Waals surface area contributed by atoms with Crippen LogP contribution in [0.1, 0.15) is 36.5 Å². The van der Waals surface area contributed by atoms with Gasteiger partial charge in [0.1, 0.15) is 11.8 Å². The van der Waals surface area contributed by atoms with E-state index in [9.17, 15) is 9.59 Å². The van der Waals surface area contributed by atoms with Gasteiger partial charge in [-0.05, 0) is 46.9 Å². The number of hydrogen-bond donors (Lipinski definition) is 1. The number of ether oxygens (including phenoxy) is 1. The number of carbonyl (C=O) groups excluding carboxylic acids is 2. The fraction of sp³-hybridized carbons (Fsp3) is 0.286. The van der Waals surface area contributed by atoms with E-state index in [2.05, 4.69) is 19.2 Å². The zero-order chi connectivity index (χ0) is 24.5. The van der Waals surface area contributed by atoms with Crippen LogP contribution in [0, 0.1) is 0 Å². The molecule has 0 radical (unpaired) electrons. The number of nitrogens with one attached hydrogen (secondary N) is 1. The summed E-state index contributed by atoms with van der Waals surface area (Å²) in [6.07, 6.45) is 0.385. The van der Waals surface area contributed by atoms with Gasteiger partial charge < -0.3 is 15.0 Å². The molecule has 0 aliphatic carbocycles. The summed E-state index contributed by atoms with van der Waals surface area (Å²) in [6.45, 7) is 4.31. The summed E-state index contributed by atoms with van der Waals surface area (Å²) in [4.78, 5) is 27.9. The minimum absolute atomic E-state index is 0.177. The number of rotatable bonds is 10. The molecule has 178 valence electrons. The molecular formula is C28H31ClN2O3. The maximum absolute atomic E-state index is 13.4. The van der Waals surface area contributed by atoms with E-state index in [4.69, 9.17) is 16.3 Å². The standard InChI is InChI=1S/C28H31ClN2O3/c1-20(2)23-12-14-25(15-13-23)34-19-27(32)31(18-22-10-7-11-24(29)16-22)26(28(33)30-3)17-21-8-5-4-6-9-21/h4-16,20,26H,17-19H2,1-3H3,(H,30,33)/t26-/m1/s1. The molecule has 0 saturated carbocycles. The Hall–Kier alpha value is -3.31. The minimum Gasteiger partial charge on any atom is -0.484 e. The molecule has 0 aliphatic rings. The van der Waals surface area contributed by atoms with Crippen LogP contribution in [0.15, 0.2) is 78.9 Å². The molecule has 0 aliphatic heterocycles. The van der Waals surface area contributed by atoms with Crippen LogP contribution in [0.3, 0.4) is 0 Å². The minimum atomic E-state index is -0.703. The highest BCUT2D eigenvalue weighted by Gasteiger charge is 2.30. The van der Waals surface area contributed by atoms with Gasteiger partial charge in [0, 0.05) is 25.0 Å². The van der Waals surface area contributed by atoms with Crippen LogP contribution in [-0.2, 0) is 22.6 Å². The van der Waals surface area contributed by atoms with Crippen molar-refractivity contribution in [3.8, 4) is 5.75 Å². The predicted molar refractivity (Wildman–Crippen MR) is 136 cm³/mol. The van der Waals surface area contributed by atoms with Crippen molar-refractivity contribution in [1.82, 2.24) is 10.2 Å². The number of hydrogen-bond acceptors (Lipinski definition) is 3. The molecule has 6 heteroatoms. The fourth-order valence-electron chi connectivity index (χ4n) is 3.73. The van der Waals surface area contributed by atoms with Crippen molar-refractivity contribution in [3.63, 3.8) is 0 Å². The van der Waals surface area contributed by atoms with Gasteiger partial charge >= 0.3 is 0 Å². The van der Waals surface area contributed by atoms with Crippen LogP contribution in [0.2, 0.25) is 5.02 Å². The van der Waals surface area contributed by atoms with E-state index in [1.165, 1.54) is 5.56 Å². The molecule has 2 amide bonds. The van der Waals surface area contributed by atoms with Gasteiger partial charge in [-0.25, -0.2) is 0 Å². The van der Waals surface area contributed by atoms with Crippen molar-refractivity contribution in [1.29, 1.82) is 0 Å². The lowest BCUT2D eigenvalue weighted by Crippen LogP contribution is -2.51. The Labute approximate surface area is 206 Å². The molecule has 1 N–H and O–H groups in total. The summed E-state index contributed by atoms with van der Waals surface area (Å²) in [5.74, 6) is 0.508. The molecule has 0 saturated heterocycles. The predicted octanol–water partition coefficient (Wildman–Crippen LogP) is 5.23. The number of nitrogens with zero attached hydrogens (tertiary/aromatic N) is 1. The van der Waals surface area contributed by atoms with Crippen LogP contribution in [0.25, 0.3) is 0 Å². The zero-order valence-corrected chi connectivity index (χ0v) is 20.6. The normalized spacial score (nSPS) is 11.7. The van der Waals surface area contributed by atoms with Crippen LogP contribution >= 0.6 is 11.6 Å².